The Morgan fingerprint density at radius 1 is 1.19 bits per heavy atom. The van der Waals surface area contributed by atoms with Gasteiger partial charge in [-0.25, -0.2) is 0 Å². The van der Waals surface area contributed by atoms with E-state index in [0.29, 0.717) is 0 Å². The van der Waals surface area contributed by atoms with Crippen LogP contribution in [0.2, 0.25) is 0 Å². The number of hydrogen-bond acceptors (Lipinski definition) is 3. The van der Waals surface area contributed by atoms with Crippen molar-refractivity contribution < 1.29 is 4.74 Å². The van der Waals surface area contributed by atoms with Crippen molar-refractivity contribution in [1.29, 1.82) is 0 Å². The molecule has 0 saturated carbocycles. The molecule has 84 valence electrons. The van der Waals surface area contributed by atoms with Gasteiger partial charge in [-0.1, -0.05) is 0 Å². The fraction of sp³-hybridized carbons (Fsp3) is 0.308. The molecule has 2 aromatic rings. The van der Waals surface area contributed by atoms with E-state index >= 15 is 0 Å². The number of aromatic nitrogens is 1. The van der Waals surface area contributed by atoms with E-state index in [1.807, 2.05) is 33.2 Å². The molecule has 0 saturated heterocycles. The Hall–Kier alpha value is -1.77. The van der Waals surface area contributed by atoms with E-state index in [1.165, 1.54) is 0 Å². The number of fused-ring (bicyclic) bond motifs is 1. The highest BCUT2D eigenvalue weighted by atomic mass is 16.5. The van der Waals surface area contributed by atoms with E-state index in [0.717, 1.165) is 28.0 Å². The minimum Gasteiger partial charge on any atom is -0.496 e. The van der Waals surface area contributed by atoms with Gasteiger partial charge < -0.3 is 9.64 Å². The first kappa shape index (κ1) is 10.7. The van der Waals surface area contributed by atoms with Gasteiger partial charge in [0.25, 0.3) is 0 Å². The van der Waals surface area contributed by atoms with Gasteiger partial charge in [-0.15, -0.1) is 0 Å². The van der Waals surface area contributed by atoms with Crippen LogP contribution < -0.4 is 9.64 Å². The number of hydrogen-bond donors (Lipinski definition) is 0. The number of benzene rings is 1. The molecule has 0 amide bonds. The van der Waals surface area contributed by atoms with Crippen molar-refractivity contribution in [3.05, 3.63) is 30.0 Å². The second-order valence-corrected chi connectivity index (χ2v) is 4.06. The first-order chi connectivity index (χ1) is 7.61. The molecule has 0 atom stereocenters. The maximum absolute atomic E-state index is 5.38. The molecule has 0 fully saturated rings. The maximum Gasteiger partial charge on any atom is 0.130 e. The SMILES string of the molecule is COc1cc(C)nc2ccc(N(C)C)cc12. The van der Waals surface area contributed by atoms with E-state index < -0.39 is 0 Å². The minimum atomic E-state index is 0.881. The smallest absolute Gasteiger partial charge is 0.130 e. The summed E-state index contributed by atoms with van der Waals surface area (Å²) in [6.45, 7) is 1.97. The summed E-state index contributed by atoms with van der Waals surface area (Å²) in [5, 5.41) is 1.05. The Balaban J connectivity index is 2.71. The third-order valence-electron chi connectivity index (χ3n) is 2.62. The van der Waals surface area contributed by atoms with Crippen molar-refractivity contribution in [2.24, 2.45) is 0 Å². The Bertz CT molecular complexity index is 521. The molecule has 1 aromatic carbocycles. The van der Waals surface area contributed by atoms with Gasteiger partial charge in [-0.05, 0) is 25.1 Å². The van der Waals surface area contributed by atoms with Gasteiger partial charge in [0, 0.05) is 36.9 Å². The molecule has 3 heteroatoms. The molecule has 0 aliphatic heterocycles. The molecular formula is C13H16N2O. The van der Waals surface area contributed by atoms with Crippen LogP contribution in [0.15, 0.2) is 24.3 Å². The number of rotatable bonds is 2. The molecule has 16 heavy (non-hydrogen) atoms. The summed E-state index contributed by atoms with van der Waals surface area (Å²) in [6.07, 6.45) is 0. The van der Waals surface area contributed by atoms with Crippen LogP contribution in [-0.2, 0) is 0 Å². The third kappa shape index (κ3) is 1.81. The van der Waals surface area contributed by atoms with Crippen LogP contribution in [0.1, 0.15) is 5.69 Å². The summed E-state index contributed by atoms with van der Waals surface area (Å²) in [5.41, 5.74) is 3.10. The summed E-state index contributed by atoms with van der Waals surface area (Å²) in [4.78, 5) is 6.55. The summed E-state index contributed by atoms with van der Waals surface area (Å²) < 4.78 is 5.38. The molecular weight excluding hydrogens is 200 g/mol. The van der Waals surface area contributed by atoms with E-state index in [2.05, 4.69) is 22.0 Å². The second-order valence-electron chi connectivity index (χ2n) is 4.06. The highest BCUT2D eigenvalue weighted by molar-refractivity contribution is 5.88. The lowest BCUT2D eigenvalue weighted by Gasteiger charge is -2.14. The fourth-order valence-corrected chi connectivity index (χ4v) is 1.76. The molecule has 2 rings (SSSR count). The highest BCUT2D eigenvalue weighted by Crippen LogP contribution is 2.28. The van der Waals surface area contributed by atoms with Crippen molar-refractivity contribution >= 4 is 16.6 Å². The van der Waals surface area contributed by atoms with Crippen LogP contribution in [0, 0.1) is 6.92 Å². The van der Waals surface area contributed by atoms with E-state index in [9.17, 15) is 0 Å². The van der Waals surface area contributed by atoms with Crippen molar-refractivity contribution in [2.75, 3.05) is 26.1 Å². The average molecular weight is 216 g/mol. The highest BCUT2D eigenvalue weighted by Gasteiger charge is 2.06. The quantitative estimate of drug-likeness (QED) is 0.771. The van der Waals surface area contributed by atoms with Gasteiger partial charge in [-0.3, -0.25) is 4.98 Å². The molecule has 0 spiro atoms. The summed E-state index contributed by atoms with van der Waals surface area (Å²) in [7, 11) is 5.74. The van der Waals surface area contributed by atoms with Crippen LogP contribution in [-0.4, -0.2) is 26.2 Å². The molecule has 0 aliphatic rings. The van der Waals surface area contributed by atoms with Crippen molar-refractivity contribution in [1.82, 2.24) is 4.98 Å². The third-order valence-corrected chi connectivity index (χ3v) is 2.62. The minimum absolute atomic E-state index is 0.881. The van der Waals surface area contributed by atoms with E-state index in [4.69, 9.17) is 4.74 Å². The Labute approximate surface area is 95.7 Å². The topological polar surface area (TPSA) is 25.4 Å². The number of pyridine rings is 1. The molecule has 0 radical (unpaired) electrons. The number of anilines is 1. The van der Waals surface area contributed by atoms with Gasteiger partial charge in [-0.2, -0.15) is 0 Å². The zero-order chi connectivity index (χ0) is 11.7. The molecule has 0 aliphatic carbocycles. The zero-order valence-corrected chi connectivity index (χ0v) is 10.1. The normalized spacial score (nSPS) is 10.5. The molecule has 1 heterocycles. The number of ether oxygens (including phenoxy) is 1. The molecule has 0 N–H and O–H groups in total. The van der Waals surface area contributed by atoms with Crippen LogP contribution in [0.3, 0.4) is 0 Å². The first-order valence-electron chi connectivity index (χ1n) is 5.24. The van der Waals surface area contributed by atoms with Crippen LogP contribution >= 0.6 is 0 Å². The van der Waals surface area contributed by atoms with Crippen molar-refractivity contribution in [2.45, 2.75) is 6.92 Å². The zero-order valence-electron chi connectivity index (χ0n) is 10.1. The predicted octanol–water partition coefficient (Wildman–Crippen LogP) is 2.62. The monoisotopic (exact) mass is 216 g/mol. The summed E-state index contributed by atoms with van der Waals surface area (Å²) >= 11 is 0. The number of nitrogens with zero attached hydrogens (tertiary/aromatic N) is 2. The summed E-state index contributed by atoms with van der Waals surface area (Å²) in [5.74, 6) is 0.881. The lowest BCUT2D eigenvalue weighted by molar-refractivity contribution is 0.419. The van der Waals surface area contributed by atoms with Crippen molar-refractivity contribution in [3.8, 4) is 5.75 Å². The van der Waals surface area contributed by atoms with E-state index in [-0.39, 0.29) is 0 Å². The molecule has 0 unspecified atom stereocenters. The van der Waals surface area contributed by atoms with Crippen LogP contribution in [0.25, 0.3) is 10.9 Å². The number of aryl methyl sites for hydroxylation is 1. The van der Waals surface area contributed by atoms with E-state index in [1.54, 1.807) is 7.11 Å². The number of methoxy groups -OCH3 is 1. The standard InChI is InChI=1S/C13H16N2O/c1-9-7-13(16-4)11-8-10(15(2)3)5-6-12(11)14-9/h5-8H,1-4H3. The maximum atomic E-state index is 5.38. The van der Waals surface area contributed by atoms with Gasteiger partial charge in [0.05, 0.1) is 12.6 Å². The lowest BCUT2D eigenvalue weighted by atomic mass is 10.1. The van der Waals surface area contributed by atoms with Gasteiger partial charge in [0.2, 0.25) is 0 Å². The molecule has 3 nitrogen and oxygen atoms in total. The van der Waals surface area contributed by atoms with Crippen LogP contribution in [0.4, 0.5) is 5.69 Å². The van der Waals surface area contributed by atoms with Gasteiger partial charge in [0.1, 0.15) is 5.75 Å². The largest absolute Gasteiger partial charge is 0.496 e. The average Bonchev–Trinajstić information content (AvgIpc) is 2.27. The Morgan fingerprint density at radius 3 is 2.56 bits per heavy atom. The molecule has 0 bridgehead atoms. The van der Waals surface area contributed by atoms with Gasteiger partial charge >= 0.3 is 0 Å². The molecule has 1 aromatic heterocycles. The van der Waals surface area contributed by atoms with Crippen molar-refractivity contribution in [3.63, 3.8) is 0 Å². The Kier molecular flexibility index (Phi) is 2.69. The summed E-state index contributed by atoms with van der Waals surface area (Å²) in [6, 6.07) is 8.15. The van der Waals surface area contributed by atoms with Crippen LogP contribution in [0.5, 0.6) is 5.75 Å². The Morgan fingerprint density at radius 2 is 1.94 bits per heavy atom. The first-order valence-corrected chi connectivity index (χ1v) is 5.24. The predicted molar refractivity (Wildman–Crippen MR) is 67.4 cm³/mol. The second kappa shape index (κ2) is 4.00. The van der Waals surface area contributed by atoms with Gasteiger partial charge in [0.15, 0.2) is 0 Å². The lowest BCUT2D eigenvalue weighted by Crippen LogP contribution is -2.08. The fourth-order valence-electron chi connectivity index (χ4n) is 1.76.